The van der Waals surface area contributed by atoms with Crippen molar-refractivity contribution in [3.8, 4) is 5.75 Å². The van der Waals surface area contributed by atoms with Crippen LogP contribution in [0.25, 0.3) is 0 Å². The third-order valence-corrected chi connectivity index (χ3v) is 4.54. The van der Waals surface area contributed by atoms with Crippen LogP contribution in [0.5, 0.6) is 5.75 Å². The summed E-state index contributed by atoms with van der Waals surface area (Å²) in [7, 11) is 1.88. The van der Waals surface area contributed by atoms with Crippen LogP contribution in [-0.2, 0) is 16.1 Å². The van der Waals surface area contributed by atoms with Crippen molar-refractivity contribution in [2.45, 2.75) is 12.6 Å². The van der Waals surface area contributed by atoms with Gasteiger partial charge < -0.3 is 14.4 Å². The minimum absolute atomic E-state index is 0.182. The molecular formula is C23H22FNO3. The van der Waals surface area contributed by atoms with Gasteiger partial charge in [0.15, 0.2) is 0 Å². The molecule has 5 heteroatoms. The third kappa shape index (κ3) is 5.10. The Morgan fingerprint density at radius 1 is 0.964 bits per heavy atom. The minimum atomic E-state index is -0.294. The van der Waals surface area contributed by atoms with Crippen LogP contribution in [-0.4, -0.2) is 20.1 Å². The lowest BCUT2D eigenvalue weighted by Crippen LogP contribution is -2.28. The lowest BCUT2D eigenvalue weighted by molar-refractivity contribution is -0.129. The molecule has 0 amide bonds. The molecule has 0 heterocycles. The van der Waals surface area contributed by atoms with Crippen LogP contribution in [0, 0.1) is 5.82 Å². The van der Waals surface area contributed by atoms with E-state index in [2.05, 4.69) is 0 Å². The molecule has 144 valence electrons. The van der Waals surface area contributed by atoms with Gasteiger partial charge in [-0.1, -0.05) is 42.5 Å². The molecule has 28 heavy (non-hydrogen) atoms. The molecule has 3 rings (SSSR count). The fourth-order valence-electron chi connectivity index (χ4n) is 2.95. The Labute approximate surface area is 164 Å². The second-order valence-electron chi connectivity index (χ2n) is 6.38. The molecule has 0 aliphatic rings. The van der Waals surface area contributed by atoms with Gasteiger partial charge in [-0.25, -0.2) is 4.39 Å². The first kappa shape index (κ1) is 19.4. The summed E-state index contributed by atoms with van der Waals surface area (Å²) in [6, 6.07) is 23.6. The van der Waals surface area contributed by atoms with E-state index in [1.165, 1.54) is 12.1 Å². The van der Waals surface area contributed by atoms with Crippen LogP contribution in [0.2, 0.25) is 0 Å². The zero-order chi connectivity index (χ0) is 19.8. The van der Waals surface area contributed by atoms with E-state index in [4.69, 9.17) is 9.47 Å². The lowest BCUT2D eigenvalue weighted by atomic mass is 10.1. The number of benzene rings is 3. The first-order chi connectivity index (χ1) is 13.7. The summed E-state index contributed by atoms with van der Waals surface area (Å²) in [5, 5.41) is 0. The number of halogens is 1. The van der Waals surface area contributed by atoms with E-state index in [-0.39, 0.29) is 18.5 Å². The Hall–Kier alpha value is -3.34. The molecule has 0 N–H and O–H groups in total. The number of hydrogen-bond donors (Lipinski definition) is 0. The van der Waals surface area contributed by atoms with Crippen LogP contribution >= 0.6 is 0 Å². The van der Waals surface area contributed by atoms with Crippen molar-refractivity contribution in [3.05, 3.63) is 95.8 Å². The van der Waals surface area contributed by atoms with Gasteiger partial charge in [-0.2, -0.15) is 0 Å². The second kappa shape index (κ2) is 9.55. The van der Waals surface area contributed by atoms with Gasteiger partial charge in [0.1, 0.15) is 24.8 Å². The largest absolute Gasteiger partial charge is 0.489 e. The number of ether oxygens (including phenoxy) is 2. The van der Waals surface area contributed by atoms with Gasteiger partial charge in [0.2, 0.25) is 0 Å². The molecule has 3 aromatic rings. The summed E-state index contributed by atoms with van der Waals surface area (Å²) < 4.78 is 24.1. The monoisotopic (exact) mass is 379 g/mol. The molecule has 1 atom stereocenters. The van der Waals surface area contributed by atoms with Crippen LogP contribution in [0.4, 0.5) is 10.1 Å². The summed E-state index contributed by atoms with van der Waals surface area (Å²) >= 11 is 0. The van der Waals surface area contributed by atoms with Crippen molar-refractivity contribution >= 4 is 12.2 Å². The molecule has 1 unspecified atom stereocenters. The molecule has 0 saturated carbocycles. The highest BCUT2D eigenvalue weighted by Gasteiger charge is 2.19. The molecule has 0 fully saturated rings. The van der Waals surface area contributed by atoms with Crippen LogP contribution in [0.15, 0.2) is 78.9 Å². The van der Waals surface area contributed by atoms with E-state index in [1.54, 1.807) is 12.1 Å². The van der Waals surface area contributed by atoms with E-state index >= 15 is 0 Å². The van der Waals surface area contributed by atoms with Crippen molar-refractivity contribution in [2.24, 2.45) is 0 Å². The first-order valence-electron chi connectivity index (χ1n) is 8.97. The SMILES string of the molecule is CN(c1ccc(F)cc1)C(COC=O)c1ccc(OCc2ccccc2)cc1. The van der Waals surface area contributed by atoms with E-state index in [1.807, 2.05) is 66.5 Å². The number of anilines is 1. The van der Waals surface area contributed by atoms with Crippen LogP contribution < -0.4 is 9.64 Å². The minimum Gasteiger partial charge on any atom is -0.489 e. The van der Waals surface area contributed by atoms with E-state index in [9.17, 15) is 9.18 Å². The number of rotatable bonds is 9. The standard InChI is InChI=1S/C23H22FNO3/c1-25(21-11-9-20(24)10-12-21)23(16-27-17-26)19-7-13-22(14-8-19)28-15-18-5-3-2-4-6-18/h2-14,17,23H,15-16H2,1H3. The first-order valence-corrected chi connectivity index (χ1v) is 8.97. The lowest BCUT2D eigenvalue weighted by Gasteiger charge is -2.29. The number of hydrogen-bond acceptors (Lipinski definition) is 4. The van der Waals surface area contributed by atoms with E-state index in [0.29, 0.717) is 13.1 Å². The topological polar surface area (TPSA) is 38.8 Å². The zero-order valence-electron chi connectivity index (χ0n) is 15.6. The Morgan fingerprint density at radius 2 is 1.64 bits per heavy atom. The maximum absolute atomic E-state index is 13.2. The molecule has 0 spiro atoms. The number of likely N-dealkylation sites (N-methyl/N-ethyl adjacent to an activating group) is 1. The highest BCUT2D eigenvalue weighted by atomic mass is 19.1. The van der Waals surface area contributed by atoms with Crippen molar-refractivity contribution in [1.82, 2.24) is 0 Å². The fourth-order valence-corrected chi connectivity index (χ4v) is 2.95. The maximum Gasteiger partial charge on any atom is 0.293 e. The normalized spacial score (nSPS) is 11.5. The molecule has 0 bridgehead atoms. The van der Waals surface area contributed by atoms with E-state index in [0.717, 1.165) is 22.6 Å². The Kier molecular flexibility index (Phi) is 6.63. The molecule has 3 aromatic carbocycles. The summed E-state index contributed by atoms with van der Waals surface area (Å²) in [6.07, 6.45) is 0. The third-order valence-electron chi connectivity index (χ3n) is 4.54. The fraction of sp³-hybridized carbons (Fsp3) is 0.174. The quantitative estimate of drug-likeness (QED) is 0.503. The number of carbonyl (C=O) groups is 1. The van der Waals surface area contributed by atoms with Crippen LogP contribution in [0.1, 0.15) is 17.2 Å². The Morgan fingerprint density at radius 3 is 2.29 bits per heavy atom. The van der Waals surface area contributed by atoms with Crippen molar-refractivity contribution in [2.75, 3.05) is 18.6 Å². The van der Waals surface area contributed by atoms with Gasteiger partial charge >= 0.3 is 0 Å². The predicted octanol–water partition coefficient (Wildman–Crippen LogP) is 4.76. The van der Waals surface area contributed by atoms with Crippen molar-refractivity contribution in [3.63, 3.8) is 0 Å². The molecule has 0 radical (unpaired) electrons. The van der Waals surface area contributed by atoms with Gasteiger partial charge in [0.25, 0.3) is 6.47 Å². The van der Waals surface area contributed by atoms with Gasteiger partial charge in [-0.05, 0) is 47.5 Å². The average Bonchev–Trinajstić information content (AvgIpc) is 2.74. The van der Waals surface area contributed by atoms with E-state index < -0.39 is 0 Å². The smallest absolute Gasteiger partial charge is 0.293 e. The summed E-state index contributed by atoms with van der Waals surface area (Å²) in [6.45, 7) is 1.11. The summed E-state index contributed by atoms with van der Waals surface area (Å²) in [4.78, 5) is 12.7. The van der Waals surface area contributed by atoms with Gasteiger partial charge in [-0.15, -0.1) is 0 Å². The average molecular weight is 379 g/mol. The molecule has 0 aliphatic heterocycles. The zero-order valence-corrected chi connectivity index (χ0v) is 15.6. The maximum atomic E-state index is 13.2. The number of nitrogens with zero attached hydrogens (tertiary/aromatic N) is 1. The Bertz CT molecular complexity index is 867. The summed E-state index contributed by atoms with van der Waals surface area (Å²) in [5.41, 5.74) is 2.88. The predicted molar refractivity (Wildman–Crippen MR) is 107 cm³/mol. The summed E-state index contributed by atoms with van der Waals surface area (Å²) in [5.74, 6) is 0.463. The molecular weight excluding hydrogens is 357 g/mol. The molecule has 0 aromatic heterocycles. The number of carbonyl (C=O) groups excluding carboxylic acids is 1. The van der Waals surface area contributed by atoms with Crippen molar-refractivity contribution < 1.29 is 18.7 Å². The van der Waals surface area contributed by atoms with Gasteiger partial charge in [0, 0.05) is 12.7 Å². The second-order valence-corrected chi connectivity index (χ2v) is 6.38. The molecule has 0 aliphatic carbocycles. The van der Waals surface area contributed by atoms with Gasteiger partial charge in [-0.3, -0.25) is 4.79 Å². The van der Waals surface area contributed by atoms with Crippen molar-refractivity contribution in [1.29, 1.82) is 0 Å². The Balaban J connectivity index is 1.72. The van der Waals surface area contributed by atoms with Gasteiger partial charge in [0.05, 0.1) is 6.04 Å². The highest BCUT2D eigenvalue weighted by Crippen LogP contribution is 2.27. The highest BCUT2D eigenvalue weighted by molar-refractivity contribution is 5.49. The molecule has 0 saturated heterocycles. The van der Waals surface area contributed by atoms with Crippen LogP contribution in [0.3, 0.4) is 0 Å². The molecule has 4 nitrogen and oxygen atoms in total.